The lowest BCUT2D eigenvalue weighted by atomic mass is 9.83. The standard InChI is InChI=1S/C12H25N/c1-4-6-7-12-10-13(5-2)9-8-11(12)3/h11-12H,4-10H2,1-3H3. The Morgan fingerprint density at radius 1 is 1.31 bits per heavy atom. The fourth-order valence-corrected chi connectivity index (χ4v) is 2.35. The molecule has 0 aliphatic carbocycles. The Balaban J connectivity index is 2.31. The first-order valence-electron chi connectivity index (χ1n) is 6.00. The maximum Gasteiger partial charge on any atom is 0.00121 e. The van der Waals surface area contributed by atoms with E-state index < -0.39 is 0 Å². The molecule has 78 valence electrons. The van der Waals surface area contributed by atoms with Gasteiger partial charge in [-0.3, -0.25) is 0 Å². The molecule has 1 rings (SSSR count). The number of hydrogen-bond acceptors (Lipinski definition) is 1. The molecule has 0 radical (unpaired) electrons. The predicted octanol–water partition coefficient (Wildman–Crippen LogP) is 3.15. The molecule has 2 atom stereocenters. The molecule has 1 saturated heterocycles. The van der Waals surface area contributed by atoms with Gasteiger partial charge in [0.05, 0.1) is 0 Å². The number of likely N-dealkylation sites (tertiary alicyclic amines) is 1. The molecule has 1 aliphatic heterocycles. The van der Waals surface area contributed by atoms with E-state index in [9.17, 15) is 0 Å². The summed E-state index contributed by atoms with van der Waals surface area (Å²) in [6.45, 7) is 11.0. The summed E-state index contributed by atoms with van der Waals surface area (Å²) in [7, 11) is 0. The van der Waals surface area contributed by atoms with Crippen molar-refractivity contribution in [1.82, 2.24) is 4.90 Å². The first-order chi connectivity index (χ1) is 6.27. The Bertz CT molecular complexity index is 133. The average Bonchev–Trinajstić information content (AvgIpc) is 2.17. The molecule has 0 N–H and O–H groups in total. The van der Waals surface area contributed by atoms with E-state index >= 15 is 0 Å². The van der Waals surface area contributed by atoms with Gasteiger partial charge in [0.15, 0.2) is 0 Å². The zero-order valence-electron chi connectivity index (χ0n) is 9.55. The van der Waals surface area contributed by atoms with Gasteiger partial charge in [0.25, 0.3) is 0 Å². The van der Waals surface area contributed by atoms with Crippen LogP contribution in [0.5, 0.6) is 0 Å². The van der Waals surface area contributed by atoms with Crippen LogP contribution in [0.3, 0.4) is 0 Å². The Morgan fingerprint density at radius 3 is 2.69 bits per heavy atom. The van der Waals surface area contributed by atoms with E-state index in [1.807, 2.05) is 0 Å². The van der Waals surface area contributed by atoms with Crippen molar-refractivity contribution in [3.63, 3.8) is 0 Å². The SMILES string of the molecule is CCCCC1CN(CC)CCC1C. The van der Waals surface area contributed by atoms with Crippen LogP contribution in [0.15, 0.2) is 0 Å². The summed E-state index contributed by atoms with van der Waals surface area (Å²) in [5.74, 6) is 1.95. The maximum atomic E-state index is 2.61. The lowest BCUT2D eigenvalue weighted by molar-refractivity contribution is 0.126. The molecule has 13 heavy (non-hydrogen) atoms. The highest BCUT2D eigenvalue weighted by atomic mass is 15.1. The maximum absolute atomic E-state index is 2.61. The highest BCUT2D eigenvalue weighted by Gasteiger charge is 2.24. The molecule has 0 aromatic heterocycles. The van der Waals surface area contributed by atoms with Crippen LogP contribution in [-0.4, -0.2) is 24.5 Å². The van der Waals surface area contributed by atoms with Crippen LogP contribution in [0.2, 0.25) is 0 Å². The van der Waals surface area contributed by atoms with E-state index in [-0.39, 0.29) is 0 Å². The Kier molecular flexibility index (Phi) is 4.79. The van der Waals surface area contributed by atoms with Crippen LogP contribution in [-0.2, 0) is 0 Å². The monoisotopic (exact) mass is 183 g/mol. The molecule has 2 unspecified atom stereocenters. The third-order valence-corrected chi connectivity index (χ3v) is 3.57. The van der Waals surface area contributed by atoms with E-state index in [2.05, 4.69) is 25.7 Å². The molecule has 0 aromatic rings. The van der Waals surface area contributed by atoms with Crippen molar-refractivity contribution in [1.29, 1.82) is 0 Å². The molecule has 0 bridgehead atoms. The molecule has 0 saturated carbocycles. The summed E-state index contributed by atoms with van der Waals surface area (Å²) in [6.07, 6.45) is 5.65. The second-order valence-corrected chi connectivity index (χ2v) is 4.56. The average molecular weight is 183 g/mol. The summed E-state index contributed by atoms with van der Waals surface area (Å²) in [5, 5.41) is 0. The van der Waals surface area contributed by atoms with E-state index in [0.717, 1.165) is 11.8 Å². The molecule has 1 fully saturated rings. The van der Waals surface area contributed by atoms with Gasteiger partial charge < -0.3 is 4.90 Å². The fraction of sp³-hybridized carbons (Fsp3) is 1.00. The highest BCUT2D eigenvalue weighted by Crippen LogP contribution is 2.26. The van der Waals surface area contributed by atoms with Gasteiger partial charge in [0.2, 0.25) is 0 Å². The number of rotatable bonds is 4. The van der Waals surface area contributed by atoms with Crippen LogP contribution in [0.1, 0.15) is 46.5 Å². The van der Waals surface area contributed by atoms with Gasteiger partial charge in [0, 0.05) is 6.54 Å². The Hall–Kier alpha value is -0.0400. The van der Waals surface area contributed by atoms with E-state index in [0.29, 0.717) is 0 Å². The minimum absolute atomic E-state index is 0.967. The molecular formula is C12H25N. The lowest BCUT2D eigenvalue weighted by Crippen LogP contribution is -2.39. The van der Waals surface area contributed by atoms with Gasteiger partial charge >= 0.3 is 0 Å². The van der Waals surface area contributed by atoms with Crippen LogP contribution in [0, 0.1) is 11.8 Å². The molecule has 1 heterocycles. The van der Waals surface area contributed by atoms with Crippen molar-refractivity contribution in [2.45, 2.75) is 46.5 Å². The zero-order valence-corrected chi connectivity index (χ0v) is 9.55. The third-order valence-electron chi connectivity index (χ3n) is 3.57. The van der Waals surface area contributed by atoms with E-state index in [1.165, 1.54) is 45.3 Å². The quantitative estimate of drug-likeness (QED) is 0.647. The van der Waals surface area contributed by atoms with Crippen molar-refractivity contribution in [3.05, 3.63) is 0 Å². The molecule has 0 spiro atoms. The van der Waals surface area contributed by atoms with Gasteiger partial charge in [-0.1, -0.05) is 33.6 Å². The smallest absolute Gasteiger partial charge is 0.00121 e. The first kappa shape index (κ1) is 11.0. The van der Waals surface area contributed by atoms with Gasteiger partial charge in [-0.15, -0.1) is 0 Å². The molecular weight excluding hydrogens is 158 g/mol. The van der Waals surface area contributed by atoms with Crippen molar-refractivity contribution >= 4 is 0 Å². The molecule has 0 aromatic carbocycles. The summed E-state index contributed by atoms with van der Waals surface area (Å²) >= 11 is 0. The topological polar surface area (TPSA) is 3.24 Å². The second-order valence-electron chi connectivity index (χ2n) is 4.56. The number of unbranched alkanes of at least 4 members (excludes halogenated alkanes) is 1. The van der Waals surface area contributed by atoms with Gasteiger partial charge in [-0.05, 0) is 37.8 Å². The van der Waals surface area contributed by atoms with Crippen LogP contribution in [0.4, 0.5) is 0 Å². The van der Waals surface area contributed by atoms with E-state index in [4.69, 9.17) is 0 Å². The second kappa shape index (κ2) is 5.64. The van der Waals surface area contributed by atoms with Gasteiger partial charge in [0.1, 0.15) is 0 Å². The number of piperidine rings is 1. The summed E-state index contributed by atoms with van der Waals surface area (Å²) in [4.78, 5) is 2.61. The Morgan fingerprint density at radius 2 is 2.08 bits per heavy atom. The molecule has 0 amide bonds. The van der Waals surface area contributed by atoms with Gasteiger partial charge in [-0.25, -0.2) is 0 Å². The third kappa shape index (κ3) is 3.30. The van der Waals surface area contributed by atoms with Crippen molar-refractivity contribution in [2.75, 3.05) is 19.6 Å². The molecule has 1 aliphatic rings. The lowest BCUT2D eigenvalue weighted by Gasteiger charge is -2.36. The molecule has 1 heteroatoms. The highest BCUT2D eigenvalue weighted by molar-refractivity contribution is 4.77. The Labute approximate surface area is 83.5 Å². The number of hydrogen-bond donors (Lipinski definition) is 0. The summed E-state index contributed by atoms with van der Waals surface area (Å²) in [6, 6.07) is 0. The van der Waals surface area contributed by atoms with Gasteiger partial charge in [-0.2, -0.15) is 0 Å². The minimum Gasteiger partial charge on any atom is -0.303 e. The normalized spacial score (nSPS) is 30.7. The van der Waals surface area contributed by atoms with Crippen molar-refractivity contribution in [3.8, 4) is 0 Å². The minimum atomic E-state index is 0.967. The predicted molar refractivity (Wildman–Crippen MR) is 58.9 cm³/mol. The van der Waals surface area contributed by atoms with Crippen molar-refractivity contribution in [2.24, 2.45) is 11.8 Å². The van der Waals surface area contributed by atoms with E-state index in [1.54, 1.807) is 0 Å². The first-order valence-corrected chi connectivity index (χ1v) is 6.00. The fourth-order valence-electron chi connectivity index (χ4n) is 2.35. The zero-order chi connectivity index (χ0) is 9.68. The molecule has 1 nitrogen and oxygen atoms in total. The van der Waals surface area contributed by atoms with Crippen LogP contribution >= 0.6 is 0 Å². The number of nitrogens with zero attached hydrogens (tertiary/aromatic N) is 1. The van der Waals surface area contributed by atoms with Crippen LogP contribution in [0.25, 0.3) is 0 Å². The summed E-state index contributed by atoms with van der Waals surface area (Å²) in [5.41, 5.74) is 0. The van der Waals surface area contributed by atoms with Crippen molar-refractivity contribution < 1.29 is 0 Å². The van der Waals surface area contributed by atoms with Crippen LogP contribution < -0.4 is 0 Å². The summed E-state index contributed by atoms with van der Waals surface area (Å²) < 4.78 is 0. The largest absolute Gasteiger partial charge is 0.303 e.